The zero-order valence-electron chi connectivity index (χ0n) is 15.6. The molecule has 1 N–H and O–H groups in total. The number of hydrogen-bond acceptors (Lipinski definition) is 4. The highest BCUT2D eigenvalue weighted by molar-refractivity contribution is 7.22. The molecule has 0 radical (unpaired) electrons. The lowest BCUT2D eigenvalue weighted by Gasteiger charge is -2.16. The third-order valence-corrected chi connectivity index (χ3v) is 5.82. The van der Waals surface area contributed by atoms with Crippen LogP contribution in [0.2, 0.25) is 0 Å². The predicted molar refractivity (Wildman–Crippen MR) is 109 cm³/mol. The fourth-order valence-corrected chi connectivity index (χ4v) is 4.53. The molecule has 27 heavy (non-hydrogen) atoms. The molecule has 1 aliphatic rings. The Bertz CT molecular complexity index is 1040. The van der Waals surface area contributed by atoms with E-state index in [9.17, 15) is 9.59 Å². The number of nitrogens with one attached hydrogen (secondary N) is 1. The van der Waals surface area contributed by atoms with Crippen LogP contribution in [-0.4, -0.2) is 23.3 Å². The van der Waals surface area contributed by atoms with Crippen molar-refractivity contribution in [2.24, 2.45) is 5.92 Å². The standard InChI is InChI=1S/C21H21N3O2S/c1-12-4-6-16(7-5-12)24-11-15(10-18(24)25)20(26)23-21-22-19-14(3)8-13(2)9-17(19)27-21/h4-9,15H,10-11H2,1-3H3,(H,22,23,26). The predicted octanol–water partition coefficient (Wildman–Crippen LogP) is 4.21. The Hall–Kier alpha value is -2.73. The molecule has 5 nitrogen and oxygen atoms in total. The quantitative estimate of drug-likeness (QED) is 0.741. The minimum atomic E-state index is -0.367. The normalized spacial score (nSPS) is 16.9. The Labute approximate surface area is 162 Å². The molecule has 1 fully saturated rings. The van der Waals surface area contributed by atoms with Crippen LogP contribution in [0.25, 0.3) is 10.2 Å². The van der Waals surface area contributed by atoms with Gasteiger partial charge >= 0.3 is 0 Å². The molecule has 2 heterocycles. The second kappa shape index (κ2) is 6.78. The second-order valence-electron chi connectivity index (χ2n) is 7.18. The molecule has 0 aliphatic carbocycles. The highest BCUT2D eigenvalue weighted by Crippen LogP contribution is 2.31. The Morgan fingerprint density at radius 3 is 2.63 bits per heavy atom. The van der Waals surface area contributed by atoms with E-state index in [1.54, 1.807) is 4.90 Å². The molecular formula is C21H21N3O2S. The van der Waals surface area contributed by atoms with Crippen molar-refractivity contribution in [3.05, 3.63) is 53.1 Å². The topological polar surface area (TPSA) is 62.3 Å². The van der Waals surface area contributed by atoms with Crippen molar-refractivity contribution >= 4 is 44.2 Å². The molecule has 1 aromatic heterocycles. The first kappa shape index (κ1) is 17.7. The molecular weight excluding hydrogens is 358 g/mol. The summed E-state index contributed by atoms with van der Waals surface area (Å²) in [6.07, 6.45) is 0.225. The molecule has 0 bridgehead atoms. The highest BCUT2D eigenvalue weighted by atomic mass is 32.1. The van der Waals surface area contributed by atoms with E-state index in [0.29, 0.717) is 11.7 Å². The number of hydrogen-bond donors (Lipinski definition) is 1. The third kappa shape index (κ3) is 3.45. The van der Waals surface area contributed by atoms with E-state index in [4.69, 9.17) is 0 Å². The van der Waals surface area contributed by atoms with Crippen molar-refractivity contribution in [3.63, 3.8) is 0 Å². The van der Waals surface area contributed by atoms with Crippen molar-refractivity contribution in [2.45, 2.75) is 27.2 Å². The zero-order chi connectivity index (χ0) is 19.1. The number of benzene rings is 2. The van der Waals surface area contributed by atoms with Crippen LogP contribution < -0.4 is 10.2 Å². The van der Waals surface area contributed by atoms with Crippen molar-refractivity contribution in [2.75, 3.05) is 16.8 Å². The Morgan fingerprint density at radius 2 is 1.89 bits per heavy atom. The fraction of sp³-hybridized carbons (Fsp3) is 0.286. The summed E-state index contributed by atoms with van der Waals surface area (Å²) in [4.78, 5) is 31.3. The minimum Gasteiger partial charge on any atom is -0.312 e. The number of carbonyl (C=O) groups is 2. The van der Waals surface area contributed by atoms with E-state index in [1.807, 2.05) is 45.0 Å². The Morgan fingerprint density at radius 1 is 1.15 bits per heavy atom. The minimum absolute atomic E-state index is 0.0187. The average molecular weight is 379 g/mol. The first-order chi connectivity index (χ1) is 12.9. The Kier molecular flexibility index (Phi) is 4.44. The number of carbonyl (C=O) groups excluding carboxylic acids is 2. The molecule has 1 atom stereocenters. The number of amides is 2. The lowest BCUT2D eigenvalue weighted by Crippen LogP contribution is -2.28. The van der Waals surface area contributed by atoms with E-state index in [0.717, 1.165) is 27.0 Å². The van der Waals surface area contributed by atoms with Gasteiger partial charge in [-0.05, 0) is 50.1 Å². The lowest BCUT2D eigenvalue weighted by molar-refractivity contribution is -0.122. The fourth-order valence-electron chi connectivity index (χ4n) is 3.49. The molecule has 4 rings (SSSR count). The van der Waals surface area contributed by atoms with Crippen LogP contribution in [-0.2, 0) is 9.59 Å². The van der Waals surface area contributed by atoms with Gasteiger partial charge in [-0.3, -0.25) is 9.59 Å². The summed E-state index contributed by atoms with van der Waals surface area (Å²) in [5, 5.41) is 3.50. The van der Waals surface area contributed by atoms with Gasteiger partial charge in [-0.1, -0.05) is 35.1 Å². The molecule has 1 saturated heterocycles. The summed E-state index contributed by atoms with van der Waals surface area (Å²) in [6.45, 7) is 6.48. The summed E-state index contributed by atoms with van der Waals surface area (Å²) < 4.78 is 1.06. The number of fused-ring (bicyclic) bond motifs is 1. The van der Waals surface area contributed by atoms with Gasteiger partial charge in [-0.25, -0.2) is 4.98 Å². The highest BCUT2D eigenvalue weighted by Gasteiger charge is 2.35. The monoisotopic (exact) mass is 379 g/mol. The number of aryl methyl sites for hydroxylation is 3. The molecule has 6 heteroatoms. The van der Waals surface area contributed by atoms with Crippen LogP contribution in [0.3, 0.4) is 0 Å². The number of aromatic nitrogens is 1. The maximum Gasteiger partial charge on any atom is 0.231 e. The molecule has 2 amide bonds. The average Bonchev–Trinajstić information content (AvgIpc) is 3.19. The summed E-state index contributed by atoms with van der Waals surface area (Å²) in [5.41, 5.74) is 5.18. The Balaban J connectivity index is 1.50. The smallest absolute Gasteiger partial charge is 0.231 e. The third-order valence-electron chi connectivity index (χ3n) is 4.90. The molecule has 138 valence electrons. The van der Waals surface area contributed by atoms with E-state index in [2.05, 4.69) is 22.4 Å². The van der Waals surface area contributed by atoms with Crippen LogP contribution in [0.5, 0.6) is 0 Å². The van der Waals surface area contributed by atoms with Crippen LogP contribution in [0.1, 0.15) is 23.1 Å². The van der Waals surface area contributed by atoms with Gasteiger partial charge in [0.25, 0.3) is 0 Å². The summed E-state index contributed by atoms with van der Waals surface area (Å²) in [6, 6.07) is 12.0. The first-order valence-corrected chi connectivity index (χ1v) is 9.78. The van der Waals surface area contributed by atoms with Crippen molar-refractivity contribution in [3.8, 4) is 0 Å². The van der Waals surface area contributed by atoms with E-state index < -0.39 is 0 Å². The van der Waals surface area contributed by atoms with Gasteiger partial charge in [0, 0.05) is 18.7 Å². The molecule has 1 aliphatic heterocycles. The second-order valence-corrected chi connectivity index (χ2v) is 8.21. The number of anilines is 2. The summed E-state index contributed by atoms with van der Waals surface area (Å²) >= 11 is 1.47. The number of thiazole rings is 1. The first-order valence-electron chi connectivity index (χ1n) is 8.96. The maximum atomic E-state index is 12.7. The van der Waals surface area contributed by atoms with Crippen molar-refractivity contribution in [1.29, 1.82) is 0 Å². The van der Waals surface area contributed by atoms with Gasteiger partial charge in [0.05, 0.1) is 16.1 Å². The number of nitrogens with zero attached hydrogens (tertiary/aromatic N) is 2. The van der Waals surface area contributed by atoms with E-state index in [-0.39, 0.29) is 24.2 Å². The van der Waals surface area contributed by atoms with Gasteiger partial charge < -0.3 is 10.2 Å². The molecule has 2 aromatic carbocycles. The lowest BCUT2D eigenvalue weighted by atomic mass is 10.1. The molecule has 0 spiro atoms. The number of rotatable bonds is 3. The van der Waals surface area contributed by atoms with E-state index in [1.165, 1.54) is 16.9 Å². The van der Waals surface area contributed by atoms with Gasteiger partial charge in [0.2, 0.25) is 11.8 Å². The summed E-state index contributed by atoms with van der Waals surface area (Å²) in [5.74, 6) is -0.533. The van der Waals surface area contributed by atoms with Crippen molar-refractivity contribution in [1.82, 2.24) is 4.98 Å². The van der Waals surface area contributed by atoms with Gasteiger partial charge in [0.15, 0.2) is 5.13 Å². The van der Waals surface area contributed by atoms with E-state index >= 15 is 0 Å². The SMILES string of the molecule is Cc1ccc(N2CC(C(=O)Nc3nc4c(C)cc(C)cc4s3)CC2=O)cc1. The van der Waals surface area contributed by atoms with Crippen LogP contribution in [0.15, 0.2) is 36.4 Å². The van der Waals surface area contributed by atoms with Crippen LogP contribution in [0.4, 0.5) is 10.8 Å². The van der Waals surface area contributed by atoms with Crippen LogP contribution in [0, 0.1) is 26.7 Å². The molecule has 0 saturated carbocycles. The van der Waals surface area contributed by atoms with Crippen LogP contribution >= 0.6 is 11.3 Å². The maximum absolute atomic E-state index is 12.7. The summed E-state index contributed by atoms with van der Waals surface area (Å²) in [7, 11) is 0. The largest absolute Gasteiger partial charge is 0.312 e. The molecule has 3 aromatic rings. The molecule has 1 unspecified atom stereocenters. The zero-order valence-corrected chi connectivity index (χ0v) is 16.4. The van der Waals surface area contributed by atoms with Gasteiger partial charge in [-0.15, -0.1) is 0 Å². The van der Waals surface area contributed by atoms with Gasteiger partial charge in [0.1, 0.15) is 0 Å². The van der Waals surface area contributed by atoms with Crippen molar-refractivity contribution < 1.29 is 9.59 Å². The van der Waals surface area contributed by atoms with Gasteiger partial charge in [-0.2, -0.15) is 0 Å².